The van der Waals surface area contributed by atoms with E-state index in [9.17, 15) is 4.79 Å². The zero-order chi connectivity index (χ0) is 14.5. The standard InChI is InChI=1S/C17H28N2O/c1-4-6-10-19-16-9-7-8-14(16)11-15(17(19)20)12-18-13(3)5-2/h11,13,18H,4-10,12H2,1-3H3. The Morgan fingerprint density at radius 1 is 1.35 bits per heavy atom. The van der Waals surface area contributed by atoms with E-state index in [1.54, 1.807) is 0 Å². The number of nitrogens with one attached hydrogen (secondary N) is 1. The van der Waals surface area contributed by atoms with Gasteiger partial charge >= 0.3 is 0 Å². The summed E-state index contributed by atoms with van der Waals surface area (Å²) in [7, 11) is 0. The van der Waals surface area contributed by atoms with Gasteiger partial charge < -0.3 is 9.88 Å². The molecule has 0 radical (unpaired) electrons. The molecule has 1 aromatic heterocycles. The molecule has 1 unspecified atom stereocenters. The van der Waals surface area contributed by atoms with E-state index < -0.39 is 0 Å². The van der Waals surface area contributed by atoms with Crippen LogP contribution >= 0.6 is 0 Å². The number of aryl methyl sites for hydroxylation is 1. The van der Waals surface area contributed by atoms with Crippen molar-refractivity contribution in [3.63, 3.8) is 0 Å². The smallest absolute Gasteiger partial charge is 0.255 e. The van der Waals surface area contributed by atoms with E-state index in [-0.39, 0.29) is 5.56 Å². The van der Waals surface area contributed by atoms with Crippen molar-refractivity contribution in [3.8, 4) is 0 Å². The molecular weight excluding hydrogens is 248 g/mol. The number of hydrogen-bond donors (Lipinski definition) is 1. The first kappa shape index (κ1) is 15.3. The first-order valence-corrected chi connectivity index (χ1v) is 8.15. The molecule has 3 nitrogen and oxygen atoms in total. The Bertz CT molecular complexity index is 504. The number of unbranched alkanes of at least 4 members (excludes halogenated alkanes) is 1. The molecule has 1 aliphatic carbocycles. The average Bonchev–Trinajstić information content (AvgIpc) is 2.91. The van der Waals surface area contributed by atoms with Crippen LogP contribution < -0.4 is 10.9 Å². The highest BCUT2D eigenvalue weighted by Gasteiger charge is 2.18. The van der Waals surface area contributed by atoms with Crippen molar-refractivity contribution in [2.45, 2.75) is 78.4 Å². The summed E-state index contributed by atoms with van der Waals surface area (Å²) < 4.78 is 2.06. The van der Waals surface area contributed by atoms with Crippen LogP contribution in [0.5, 0.6) is 0 Å². The van der Waals surface area contributed by atoms with Crippen molar-refractivity contribution < 1.29 is 0 Å². The molecule has 0 aliphatic heterocycles. The maximum absolute atomic E-state index is 12.7. The highest BCUT2D eigenvalue weighted by atomic mass is 16.1. The fourth-order valence-electron chi connectivity index (χ4n) is 2.89. The lowest BCUT2D eigenvalue weighted by atomic mass is 10.1. The Balaban J connectivity index is 2.26. The van der Waals surface area contributed by atoms with Crippen molar-refractivity contribution in [1.82, 2.24) is 9.88 Å². The maximum atomic E-state index is 12.7. The Morgan fingerprint density at radius 3 is 2.85 bits per heavy atom. The van der Waals surface area contributed by atoms with Crippen molar-refractivity contribution in [2.24, 2.45) is 0 Å². The van der Waals surface area contributed by atoms with Gasteiger partial charge in [-0.25, -0.2) is 0 Å². The van der Waals surface area contributed by atoms with Gasteiger partial charge in [-0.1, -0.05) is 20.3 Å². The van der Waals surface area contributed by atoms with E-state index in [2.05, 4.69) is 36.7 Å². The molecule has 1 atom stereocenters. The molecule has 0 aromatic carbocycles. The Hall–Kier alpha value is -1.09. The lowest BCUT2D eigenvalue weighted by Gasteiger charge is -2.16. The topological polar surface area (TPSA) is 34.0 Å². The van der Waals surface area contributed by atoms with E-state index in [1.165, 1.54) is 17.7 Å². The summed E-state index contributed by atoms with van der Waals surface area (Å²) in [6.45, 7) is 8.10. The zero-order valence-electron chi connectivity index (χ0n) is 13.2. The summed E-state index contributed by atoms with van der Waals surface area (Å²) >= 11 is 0. The maximum Gasteiger partial charge on any atom is 0.255 e. The molecule has 0 saturated heterocycles. The third-order valence-corrected chi connectivity index (χ3v) is 4.41. The van der Waals surface area contributed by atoms with Crippen LogP contribution in [0.25, 0.3) is 0 Å². The molecule has 1 heterocycles. The van der Waals surface area contributed by atoms with Gasteiger partial charge in [0.2, 0.25) is 0 Å². The summed E-state index contributed by atoms with van der Waals surface area (Å²) in [5.41, 5.74) is 3.88. The second kappa shape index (κ2) is 7.07. The number of fused-ring (bicyclic) bond motifs is 1. The van der Waals surface area contributed by atoms with Crippen LogP contribution in [0, 0.1) is 0 Å². The van der Waals surface area contributed by atoms with E-state index in [0.29, 0.717) is 12.6 Å². The highest BCUT2D eigenvalue weighted by Crippen LogP contribution is 2.21. The molecular formula is C17H28N2O. The minimum atomic E-state index is 0.231. The van der Waals surface area contributed by atoms with E-state index in [4.69, 9.17) is 0 Å². The van der Waals surface area contributed by atoms with Gasteiger partial charge in [0.15, 0.2) is 0 Å². The Labute approximate surface area is 122 Å². The molecule has 0 spiro atoms. The predicted octanol–water partition coefficient (Wildman–Crippen LogP) is 3.03. The monoisotopic (exact) mass is 276 g/mol. The quantitative estimate of drug-likeness (QED) is 0.830. The van der Waals surface area contributed by atoms with Gasteiger partial charge in [-0.15, -0.1) is 0 Å². The van der Waals surface area contributed by atoms with Crippen molar-refractivity contribution in [2.75, 3.05) is 0 Å². The van der Waals surface area contributed by atoms with E-state index in [1.807, 2.05) is 0 Å². The van der Waals surface area contributed by atoms with Crippen LogP contribution in [0.15, 0.2) is 10.9 Å². The van der Waals surface area contributed by atoms with Gasteiger partial charge in [0.1, 0.15) is 0 Å². The van der Waals surface area contributed by atoms with E-state index in [0.717, 1.165) is 44.2 Å². The van der Waals surface area contributed by atoms with Gasteiger partial charge in [-0.3, -0.25) is 4.79 Å². The molecule has 3 heteroatoms. The van der Waals surface area contributed by atoms with Gasteiger partial charge in [0, 0.05) is 30.4 Å². The SMILES string of the molecule is CCCCn1c2c(cc(CNC(C)CC)c1=O)CCC2. The summed E-state index contributed by atoms with van der Waals surface area (Å²) in [6.07, 6.45) is 6.73. The van der Waals surface area contributed by atoms with Crippen molar-refractivity contribution >= 4 is 0 Å². The summed E-state index contributed by atoms with van der Waals surface area (Å²) in [5, 5.41) is 3.45. The Kier molecular flexibility index (Phi) is 5.41. The van der Waals surface area contributed by atoms with Gasteiger partial charge in [0.25, 0.3) is 5.56 Å². The fourth-order valence-corrected chi connectivity index (χ4v) is 2.89. The van der Waals surface area contributed by atoms with Crippen molar-refractivity contribution in [1.29, 1.82) is 0 Å². The van der Waals surface area contributed by atoms with Gasteiger partial charge in [-0.2, -0.15) is 0 Å². The zero-order valence-corrected chi connectivity index (χ0v) is 13.2. The first-order valence-electron chi connectivity index (χ1n) is 8.15. The van der Waals surface area contributed by atoms with Gasteiger partial charge in [-0.05, 0) is 50.7 Å². The van der Waals surface area contributed by atoms with Crippen LogP contribution in [-0.2, 0) is 25.9 Å². The molecule has 1 aliphatic rings. The number of hydrogen-bond acceptors (Lipinski definition) is 2. The number of nitrogens with zero attached hydrogens (tertiary/aromatic N) is 1. The molecule has 0 saturated carbocycles. The summed E-state index contributed by atoms with van der Waals surface area (Å²) in [5.74, 6) is 0. The normalized spacial score (nSPS) is 15.3. The fraction of sp³-hybridized carbons (Fsp3) is 0.706. The number of rotatable bonds is 7. The number of aromatic nitrogens is 1. The van der Waals surface area contributed by atoms with Crippen molar-refractivity contribution in [3.05, 3.63) is 33.2 Å². The lowest BCUT2D eigenvalue weighted by Crippen LogP contribution is -2.32. The summed E-state index contributed by atoms with van der Waals surface area (Å²) in [4.78, 5) is 12.7. The van der Waals surface area contributed by atoms with Crippen LogP contribution in [-0.4, -0.2) is 10.6 Å². The van der Waals surface area contributed by atoms with Crippen LogP contribution in [0.1, 0.15) is 63.3 Å². The minimum absolute atomic E-state index is 0.231. The van der Waals surface area contributed by atoms with E-state index >= 15 is 0 Å². The molecule has 0 fully saturated rings. The van der Waals surface area contributed by atoms with Crippen LogP contribution in [0.4, 0.5) is 0 Å². The largest absolute Gasteiger partial charge is 0.312 e. The van der Waals surface area contributed by atoms with Crippen LogP contribution in [0.3, 0.4) is 0 Å². The van der Waals surface area contributed by atoms with Gasteiger partial charge in [0.05, 0.1) is 0 Å². The first-order chi connectivity index (χ1) is 9.67. The molecule has 0 bridgehead atoms. The Morgan fingerprint density at radius 2 is 2.15 bits per heavy atom. The minimum Gasteiger partial charge on any atom is -0.312 e. The molecule has 112 valence electrons. The number of pyridine rings is 1. The predicted molar refractivity (Wildman–Crippen MR) is 84.2 cm³/mol. The highest BCUT2D eigenvalue weighted by molar-refractivity contribution is 5.30. The second-order valence-corrected chi connectivity index (χ2v) is 6.00. The lowest BCUT2D eigenvalue weighted by molar-refractivity contribution is 0.524. The average molecular weight is 276 g/mol. The molecule has 1 N–H and O–H groups in total. The molecule has 0 amide bonds. The molecule has 20 heavy (non-hydrogen) atoms. The second-order valence-electron chi connectivity index (χ2n) is 6.00. The summed E-state index contributed by atoms with van der Waals surface area (Å²) in [6, 6.07) is 2.62. The molecule has 1 aromatic rings. The molecule has 2 rings (SSSR count). The third-order valence-electron chi connectivity index (χ3n) is 4.41. The third kappa shape index (κ3) is 3.32. The van der Waals surface area contributed by atoms with Crippen LogP contribution in [0.2, 0.25) is 0 Å².